The van der Waals surface area contributed by atoms with Gasteiger partial charge in [0, 0.05) is 12.5 Å². The Morgan fingerprint density at radius 3 is 2.71 bits per heavy atom. The van der Waals surface area contributed by atoms with Gasteiger partial charge in [0.1, 0.15) is 16.7 Å². The third kappa shape index (κ3) is 3.18. The van der Waals surface area contributed by atoms with Crippen molar-refractivity contribution in [2.24, 2.45) is 0 Å². The fraction of sp³-hybridized carbons (Fsp3) is 0.556. The highest BCUT2D eigenvalue weighted by Crippen LogP contribution is 2.19. The summed E-state index contributed by atoms with van der Waals surface area (Å²) in [6.45, 7) is 2.01. The Morgan fingerprint density at radius 1 is 1.43 bits per heavy atom. The molecule has 0 N–H and O–H groups in total. The molecule has 14 heavy (non-hydrogen) atoms. The second kappa shape index (κ2) is 5.20. The van der Waals surface area contributed by atoms with Gasteiger partial charge in [-0.3, -0.25) is 0 Å². The third-order valence-electron chi connectivity index (χ3n) is 1.74. The van der Waals surface area contributed by atoms with Crippen LogP contribution in [-0.4, -0.2) is 9.97 Å². The molecule has 1 heterocycles. The Hall–Kier alpha value is -0.770. The van der Waals surface area contributed by atoms with E-state index in [4.69, 9.17) is 11.6 Å². The van der Waals surface area contributed by atoms with Crippen molar-refractivity contribution < 1.29 is 8.78 Å². The van der Waals surface area contributed by atoms with Gasteiger partial charge in [-0.25, -0.2) is 18.7 Å². The highest BCUT2D eigenvalue weighted by Gasteiger charge is 2.11. The first-order valence-electron chi connectivity index (χ1n) is 4.45. The Labute approximate surface area is 86.3 Å². The zero-order valence-electron chi connectivity index (χ0n) is 7.80. The monoisotopic (exact) mass is 220 g/mol. The van der Waals surface area contributed by atoms with Crippen LogP contribution in [0.25, 0.3) is 0 Å². The highest BCUT2D eigenvalue weighted by atomic mass is 35.5. The lowest BCUT2D eigenvalue weighted by molar-refractivity contribution is 0.145. The molecule has 1 rings (SSSR count). The first-order chi connectivity index (χ1) is 6.63. The quantitative estimate of drug-likeness (QED) is 0.727. The Bertz CT molecular complexity index is 305. The molecule has 1 aromatic rings. The SMILES string of the molecule is CCCCc1nc(Cl)cc(C(F)F)n1. The summed E-state index contributed by atoms with van der Waals surface area (Å²) < 4.78 is 24.6. The number of rotatable bonds is 4. The van der Waals surface area contributed by atoms with Crippen LogP contribution in [0.1, 0.15) is 37.7 Å². The molecule has 0 saturated heterocycles. The zero-order valence-corrected chi connectivity index (χ0v) is 8.56. The average Bonchev–Trinajstić information content (AvgIpc) is 2.14. The number of aromatic nitrogens is 2. The van der Waals surface area contributed by atoms with Gasteiger partial charge in [-0.05, 0) is 6.42 Å². The lowest BCUT2D eigenvalue weighted by Crippen LogP contribution is -2.00. The van der Waals surface area contributed by atoms with Crippen molar-refractivity contribution >= 4 is 11.6 Å². The number of unbranched alkanes of at least 4 members (excludes halogenated alkanes) is 1. The van der Waals surface area contributed by atoms with Crippen molar-refractivity contribution in [3.63, 3.8) is 0 Å². The fourth-order valence-electron chi connectivity index (χ4n) is 1.04. The van der Waals surface area contributed by atoms with Gasteiger partial charge in [-0.15, -0.1) is 0 Å². The maximum atomic E-state index is 12.3. The van der Waals surface area contributed by atoms with E-state index < -0.39 is 6.43 Å². The van der Waals surface area contributed by atoms with Crippen LogP contribution in [0.15, 0.2) is 6.07 Å². The molecule has 0 aromatic carbocycles. The number of hydrogen-bond acceptors (Lipinski definition) is 2. The molecule has 1 aromatic heterocycles. The van der Waals surface area contributed by atoms with Gasteiger partial charge in [0.15, 0.2) is 0 Å². The molecule has 0 amide bonds. The van der Waals surface area contributed by atoms with Crippen molar-refractivity contribution in [1.82, 2.24) is 9.97 Å². The summed E-state index contributed by atoms with van der Waals surface area (Å²) in [6.07, 6.45) is -0.143. The van der Waals surface area contributed by atoms with Crippen LogP contribution in [0.3, 0.4) is 0 Å². The van der Waals surface area contributed by atoms with Crippen LogP contribution >= 0.6 is 11.6 Å². The molecular weight excluding hydrogens is 210 g/mol. The minimum atomic E-state index is -2.59. The molecule has 0 fully saturated rings. The lowest BCUT2D eigenvalue weighted by Gasteiger charge is -2.03. The number of halogens is 3. The van der Waals surface area contributed by atoms with Crippen molar-refractivity contribution in [2.45, 2.75) is 32.6 Å². The van der Waals surface area contributed by atoms with Crippen molar-refractivity contribution in [2.75, 3.05) is 0 Å². The van der Waals surface area contributed by atoms with Gasteiger partial charge < -0.3 is 0 Å². The molecule has 0 aliphatic heterocycles. The average molecular weight is 221 g/mol. The van der Waals surface area contributed by atoms with Crippen LogP contribution in [0.2, 0.25) is 5.15 Å². The fourth-order valence-corrected chi connectivity index (χ4v) is 1.25. The Morgan fingerprint density at radius 2 is 2.14 bits per heavy atom. The van der Waals surface area contributed by atoms with Crippen molar-refractivity contribution in [3.8, 4) is 0 Å². The first kappa shape index (κ1) is 11.3. The summed E-state index contributed by atoms with van der Waals surface area (Å²) in [6, 6.07) is 1.10. The summed E-state index contributed by atoms with van der Waals surface area (Å²) in [5.74, 6) is 0.398. The minimum Gasteiger partial charge on any atom is -0.232 e. The van der Waals surface area contributed by atoms with E-state index in [0.717, 1.165) is 18.9 Å². The molecule has 2 nitrogen and oxygen atoms in total. The van der Waals surface area contributed by atoms with E-state index >= 15 is 0 Å². The molecule has 0 aliphatic rings. The van der Waals surface area contributed by atoms with E-state index in [0.29, 0.717) is 12.2 Å². The number of hydrogen-bond donors (Lipinski definition) is 0. The van der Waals surface area contributed by atoms with Crippen molar-refractivity contribution in [1.29, 1.82) is 0 Å². The van der Waals surface area contributed by atoms with E-state index in [-0.39, 0.29) is 10.8 Å². The van der Waals surface area contributed by atoms with Gasteiger partial charge in [0.2, 0.25) is 0 Å². The second-order valence-corrected chi connectivity index (χ2v) is 3.32. The van der Waals surface area contributed by atoms with E-state index in [1.165, 1.54) is 0 Å². The molecule has 0 aliphatic carbocycles. The van der Waals surface area contributed by atoms with Gasteiger partial charge in [-0.1, -0.05) is 24.9 Å². The Balaban J connectivity index is 2.84. The van der Waals surface area contributed by atoms with Crippen LogP contribution in [-0.2, 0) is 6.42 Å². The maximum absolute atomic E-state index is 12.3. The van der Waals surface area contributed by atoms with Gasteiger partial charge >= 0.3 is 0 Å². The largest absolute Gasteiger partial charge is 0.280 e. The number of nitrogens with zero attached hydrogens (tertiary/aromatic N) is 2. The summed E-state index contributed by atoms with van der Waals surface area (Å²) in [5.41, 5.74) is -0.295. The summed E-state index contributed by atoms with van der Waals surface area (Å²) in [7, 11) is 0. The van der Waals surface area contributed by atoms with Crippen LogP contribution in [0, 0.1) is 0 Å². The van der Waals surface area contributed by atoms with Gasteiger partial charge in [-0.2, -0.15) is 0 Å². The second-order valence-electron chi connectivity index (χ2n) is 2.94. The summed E-state index contributed by atoms with van der Waals surface area (Å²) >= 11 is 5.59. The standard InChI is InChI=1S/C9H11ClF2N2/c1-2-3-4-8-13-6(9(11)12)5-7(10)14-8/h5,9H,2-4H2,1H3. The predicted molar refractivity (Wildman–Crippen MR) is 50.6 cm³/mol. The van der Waals surface area contributed by atoms with E-state index in [1.807, 2.05) is 6.92 Å². The number of alkyl halides is 2. The predicted octanol–water partition coefficient (Wildman–Crippen LogP) is 3.41. The smallest absolute Gasteiger partial charge is 0.232 e. The lowest BCUT2D eigenvalue weighted by atomic mass is 10.2. The minimum absolute atomic E-state index is 0.0846. The molecular formula is C9H11ClF2N2. The van der Waals surface area contributed by atoms with Crippen molar-refractivity contribution in [3.05, 3.63) is 22.7 Å². The highest BCUT2D eigenvalue weighted by molar-refractivity contribution is 6.29. The van der Waals surface area contributed by atoms with Gasteiger partial charge in [0.25, 0.3) is 6.43 Å². The maximum Gasteiger partial charge on any atom is 0.280 e. The Kier molecular flexibility index (Phi) is 4.20. The van der Waals surface area contributed by atoms with E-state index in [2.05, 4.69) is 9.97 Å². The van der Waals surface area contributed by atoms with Crippen LogP contribution in [0.5, 0.6) is 0 Å². The molecule has 0 saturated carbocycles. The van der Waals surface area contributed by atoms with E-state index in [9.17, 15) is 8.78 Å². The molecule has 0 radical (unpaired) electrons. The molecule has 0 unspecified atom stereocenters. The zero-order chi connectivity index (χ0) is 10.6. The molecule has 78 valence electrons. The first-order valence-corrected chi connectivity index (χ1v) is 4.82. The van der Waals surface area contributed by atoms with E-state index in [1.54, 1.807) is 0 Å². The topological polar surface area (TPSA) is 25.8 Å². The molecule has 0 bridgehead atoms. The number of aryl methyl sites for hydroxylation is 1. The summed E-state index contributed by atoms with van der Waals surface area (Å²) in [4.78, 5) is 7.60. The normalized spacial score (nSPS) is 10.9. The van der Waals surface area contributed by atoms with Gasteiger partial charge in [0.05, 0.1) is 0 Å². The summed E-state index contributed by atoms with van der Waals surface area (Å²) in [5, 5.41) is 0.0846. The molecule has 5 heteroatoms. The van der Waals surface area contributed by atoms with Crippen LogP contribution in [0.4, 0.5) is 8.78 Å². The molecule has 0 spiro atoms. The molecule has 0 atom stereocenters. The van der Waals surface area contributed by atoms with Crippen LogP contribution < -0.4 is 0 Å². The third-order valence-corrected chi connectivity index (χ3v) is 1.93.